The third-order valence-corrected chi connectivity index (χ3v) is 3.42. The van der Waals surface area contributed by atoms with E-state index < -0.39 is 0 Å². The number of methoxy groups -OCH3 is 1. The van der Waals surface area contributed by atoms with Gasteiger partial charge in [0.15, 0.2) is 0 Å². The number of benzene rings is 1. The van der Waals surface area contributed by atoms with E-state index in [2.05, 4.69) is 6.07 Å². The maximum absolute atomic E-state index is 11.3. The number of esters is 1. The predicted octanol–water partition coefficient (Wildman–Crippen LogP) is 2.15. The number of ether oxygens (including phenoxy) is 1. The highest BCUT2D eigenvalue weighted by Gasteiger charge is 2.29. The van der Waals surface area contributed by atoms with Gasteiger partial charge in [0.2, 0.25) is 0 Å². The molecule has 1 aromatic carbocycles. The van der Waals surface area contributed by atoms with Gasteiger partial charge in [0.05, 0.1) is 7.11 Å². The van der Waals surface area contributed by atoms with E-state index in [9.17, 15) is 4.79 Å². The van der Waals surface area contributed by atoms with E-state index in [0.29, 0.717) is 0 Å². The lowest BCUT2D eigenvalue weighted by molar-refractivity contribution is -0.140. The third-order valence-electron chi connectivity index (χ3n) is 2.16. The number of hydrogen-bond acceptors (Lipinski definition) is 3. The van der Waals surface area contributed by atoms with Crippen LogP contribution in [0.2, 0.25) is 0 Å². The number of thioether (sulfide) groups is 1. The van der Waals surface area contributed by atoms with Gasteiger partial charge in [-0.25, -0.2) is 0 Å². The summed E-state index contributed by atoms with van der Waals surface area (Å²) in [5.41, 5.74) is 2.36. The molecule has 13 heavy (non-hydrogen) atoms. The summed E-state index contributed by atoms with van der Waals surface area (Å²) >= 11 is 1.63. The van der Waals surface area contributed by atoms with Gasteiger partial charge in [-0.15, -0.1) is 11.8 Å². The van der Waals surface area contributed by atoms with Crippen LogP contribution in [-0.2, 0) is 15.3 Å². The Bertz CT molecular complexity index is 335. The van der Waals surface area contributed by atoms with Crippen LogP contribution in [0.5, 0.6) is 0 Å². The maximum atomic E-state index is 11.3. The molecule has 0 fully saturated rings. The molecule has 1 aliphatic rings. The molecule has 68 valence electrons. The van der Waals surface area contributed by atoms with Crippen LogP contribution in [0.1, 0.15) is 16.4 Å². The second-order valence-corrected chi connectivity index (χ2v) is 4.01. The van der Waals surface area contributed by atoms with Crippen molar-refractivity contribution < 1.29 is 9.53 Å². The Morgan fingerprint density at radius 1 is 1.54 bits per heavy atom. The summed E-state index contributed by atoms with van der Waals surface area (Å²) in [4.78, 5) is 11.3. The van der Waals surface area contributed by atoms with E-state index in [-0.39, 0.29) is 11.2 Å². The fourth-order valence-corrected chi connectivity index (χ4v) is 2.74. The fourth-order valence-electron chi connectivity index (χ4n) is 1.49. The highest BCUT2D eigenvalue weighted by molar-refractivity contribution is 7.99. The quantitative estimate of drug-likeness (QED) is 0.641. The zero-order chi connectivity index (χ0) is 9.26. The summed E-state index contributed by atoms with van der Waals surface area (Å²) in [6.45, 7) is 0. The van der Waals surface area contributed by atoms with Crippen molar-refractivity contribution in [1.29, 1.82) is 0 Å². The Morgan fingerprint density at radius 2 is 2.31 bits per heavy atom. The molecule has 2 rings (SSSR count). The predicted molar refractivity (Wildman–Crippen MR) is 52.5 cm³/mol. The minimum Gasteiger partial charge on any atom is -0.468 e. The molecule has 3 heteroatoms. The number of fused-ring (bicyclic) bond motifs is 1. The minimum absolute atomic E-state index is 0.110. The normalized spacial score (nSPS) is 19.6. The molecule has 0 radical (unpaired) electrons. The van der Waals surface area contributed by atoms with Crippen molar-refractivity contribution in [3.05, 3.63) is 35.4 Å². The molecular formula is C10H10O2S. The van der Waals surface area contributed by atoms with Gasteiger partial charge in [-0.3, -0.25) is 4.79 Å². The Kier molecular flexibility index (Phi) is 2.27. The Morgan fingerprint density at radius 3 is 3.08 bits per heavy atom. The van der Waals surface area contributed by atoms with Crippen molar-refractivity contribution in [2.24, 2.45) is 0 Å². The van der Waals surface area contributed by atoms with Crippen LogP contribution in [0.4, 0.5) is 0 Å². The lowest BCUT2D eigenvalue weighted by Gasteiger charge is -2.06. The van der Waals surface area contributed by atoms with Gasteiger partial charge < -0.3 is 4.74 Å². The Labute approximate surface area is 81.3 Å². The molecule has 0 bridgehead atoms. The largest absolute Gasteiger partial charge is 0.468 e. The van der Waals surface area contributed by atoms with E-state index in [4.69, 9.17) is 4.74 Å². The fraction of sp³-hybridized carbons (Fsp3) is 0.300. The van der Waals surface area contributed by atoms with Crippen molar-refractivity contribution in [1.82, 2.24) is 0 Å². The molecule has 0 aromatic heterocycles. The highest BCUT2D eigenvalue weighted by Crippen LogP contribution is 2.41. The SMILES string of the molecule is COC(=O)C1SCc2ccccc21. The van der Waals surface area contributed by atoms with Gasteiger partial charge in [-0.2, -0.15) is 0 Å². The van der Waals surface area contributed by atoms with E-state index in [1.54, 1.807) is 11.8 Å². The lowest BCUT2D eigenvalue weighted by Crippen LogP contribution is -2.08. The topological polar surface area (TPSA) is 26.3 Å². The molecule has 1 aliphatic heterocycles. The smallest absolute Gasteiger partial charge is 0.323 e. The first-order valence-corrected chi connectivity index (χ1v) is 5.15. The molecule has 2 nitrogen and oxygen atoms in total. The zero-order valence-electron chi connectivity index (χ0n) is 7.32. The minimum atomic E-state index is -0.144. The monoisotopic (exact) mass is 194 g/mol. The van der Waals surface area contributed by atoms with Crippen LogP contribution in [0.15, 0.2) is 24.3 Å². The molecule has 0 saturated heterocycles. The average molecular weight is 194 g/mol. The second kappa shape index (κ2) is 3.42. The molecule has 1 heterocycles. The Hall–Kier alpha value is -0.960. The van der Waals surface area contributed by atoms with Crippen LogP contribution in [0.3, 0.4) is 0 Å². The van der Waals surface area contributed by atoms with Gasteiger partial charge in [-0.05, 0) is 11.1 Å². The zero-order valence-corrected chi connectivity index (χ0v) is 8.14. The molecule has 1 unspecified atom stereocenters. The first kappa shape index (κ1) is 8.63. The summed E-state index contributed by atoms with van der Waals surface area (Å²) < 4.78 is 4.73. The van der Waals surface area contributed by atoms with Crippen molar-refractivity contribution in [3.8, 4) is 0 Å². The average Bonchev–Trinajstić information content (AvgIpc) is 2.60. The number of carbonyl (C=O) groups is 1. The third kappa shape index (κ3) is 1.44. The van der Waals surface area contributed by atoms with E-state index >= 15 is 0 Å². The van der Waals surface area contributed by atoms with Crippen LogP contribution >= 0.6 is 11.8 Å². The summed E-state index contributed by atoms with van der Waals surface area (Å²) in [6.07, 6.45) is 0. The van der Waals surface area contributed by atoms with E-state index in [1.807, 2.05) is 18.2 Å². The Balaban J connectivity index is 2.33. The summed E-state index contributed by atoms with van der Waals surface area (Å²) in [7, 11) is 1.43. The van der Waals surface area contributed by atoms with Gasteiger partial charge in [-0.1, -0.05) is 24.3 Å². The van der Waals surface area contributed by atoms with Crippen molar-refractivity contribution in [2.75, 3.05) is 7.11 Å². The van der Waals surface area contributed by atoms with Crippen LogP contribution in [-0.4, -0.2) is 13.1 Å². The molecule has 1 aromatic rings. The van der Waals surface area contributed by atoms with Crippen LogP contribution < -0.4 is 0 Å². The lowest BCUT2D eigenvalue weighted by atomic mass is 10.1. The summed E-state index contributed by atoms with van der Waals surface area (Å²) in [5, 5.41) is -0.110. The molecule has 0 N–H and O–H groups in total. The van der Waals surface area contributed by atoms with Crippen LogP contribution in [0, 0.1) is 0 Å². The van der Waals surface area contributed by atoms with Gasteiger partial charge in [0.25, 0.3) is 0 Å². The first-order valence-electron chi connectivity index (χ1n) is 4.10. The molecule has 0 amide bonds. The molecule has 0 aliphatic carbocycles. The molecule has 0 spiro atoms. The highest BCUT2D eigenvalue weighted by atomic mass is 32.2. The standard InChI is InChI=1S/C10H10O2S/c1-12-10(11)9-8-5-3-2-4-7(8)6-13-9/h2-5,9H,6H2,1H3. The number of carbonyl (C=O) groups excluding carboxylic acids is 1. The van der Waals surface area contributed by atoms with Crippen LogP contribution in [0.25, 0.3) is 0 Å². The van der Waals surface area contributed by atoms with Crippen molar-refractivity contribution >= 4 is 17.7 Å². The number of hydrogen-bond donors (Lipinski definition) is 0. The first-order chi connectivity index (χ1) is 6.33. The van der Waals surface area contributed by atoms with Crippen molar-refractivity contribution in [2.45, 2.75) is 11.0 Å². The summed E-state index contributed by atoms with van der Waals surface area (Å²) in [5.74, 6) is 0.769. The van der Waals surface area contributed by atoms with Gasteiger partial charge >= 0.3 is 5.97 Å². The van der Waals surface area contributed by atoms with E-state index in [1.165, 1.54) is 12.7 Å². The summed E-state index contributed by atoms with van der Waals surface area (Å²) in [6, 6.07) is 8.02. The second-order valence-electron chi connectivity index (χ2n) is 2.91. The van der Waals surface area contributed by atoms with Crippen molar-refractivity contribution in [3.63, 3.8) is 0 Å². The van der Waals surface area contributed by atoms with E-state index in [0.717, 1.165) is 11.3 Å². The van der Waals surface area contributed by atoms with Gasteiger partial charge in [0.1, 0.15) is 5.25 Å². The molecule has 1 atom stereocenters. The molecular weight excluding hydrogens is 184 g/mol. The maximum Gasteiger partial charge on any atom is 0.323 e. The number of rotatable bonds is 1. The van der Waals surface area contributed by atoms with Gasteiger partial charge in [0, 0.05) is 5.75 Å². The molecule has 0 saturated carbocycles.